The molecule has 1 aliphatic rings. The van der Waals surface area contributed by atoms with E-state index in [0.717, 1.165) is 6.92 Å². The van der Waals surface area contributed by atoms with Gasteiger partial charge in [0.2, 0.25) is 6.10 Å². The lowest BCUT2D eigenvalue weighted by atomic mass is 10.1. The van der Waals surface area contributed by atoms with Crippen molar-refractivity contribution >= 4 is 27.6 Å². The van der Waals surface area contributed by atoms with Gasteiger partial charge in [-0.15, -0.1) is 0 Å². The second kappa shape index (κ2) is 6.65. The Morgan fingerprint density at radius 3 is 2.54 bits per heavy atom. The average Bonchev–Trinajstić information content (AvgIpc) is 3.08. The number of pyridine rings is 1. The molecule has 0 bridgehead atoms. The third-order valence-corrected chi connectivity index (χ3v) is 5.45. The van der Waals surface area contributed by atoms with Gasteiger partial charge in [0.1, 0.15) is 5.82 Å². The van der Waals surface area contributed by atoms with Gasteiger partial charge in [-0.05, 0) is 26.0 Å². The van der Waals surface area contributed by atoms with E-state index in [1.165, 1.54) is 29.1 Å². The van der Waals surface area contributed by atoms with E-state index in [9.17, 15) is 26.4 Å². The molecule has 28 heavy (non-hydrogen) atoms. The fourth-order valence-electron chi connectivity index (χ4n) is 2.71. The summed E-state index contributed by atoms with van der Waals surface area (Å²) in [6.07, 6.45) is -5.91. The molecule has 9 nitrogen and oxygen atoms in total. The van der Waals surface area contributed by atoms with Gasteiger partial charge in [0.15, 0.2) is 10.8 Å². The normalized spacial score (nSPS) is 20.4. The molecule has 1 amide bonds. The molecule has 0 radical (unpaired) electrons. The van der Waals surface area contributed by atoms with Gasteiger partial charge >= 0.3 is 12.3 Å². The fraction of sp³-hybridized carbons (Fsp3) is 0.400. The summed E-state index contributed by atoms with van der Waals surface area (Å²) >= 11 is 0. The minimum atomic E-state index is -4.77. The van der Waals surface area contributed by atoms with E-state index in [-0.39, 0.29) is 16.5 Å². The Morgan fingerprint density at radius 1 is 1.32 bits per heavy atom. The Balaban J connectivity index is 1.97. The SMILES string of the molecule is Cc1nc(S(=O)(=O)Nc2cccnc2N2C(=O)O[C@H](C(F)(F)F)[C@@H]2C)cn1C. The molecule has 2 atom stereocenters. The number of amides is 1. The highest BCUT2D eigenvalue weighted by Crippen LogP contribution is 2.37. The van der Waals surface area contributed by atoms with Crippen molar-refractivity contribution in [3.63, 3.8) is 0 Å². The highest BCUT2D eigenvalue weighted by atomic mass is 32.2. The fourth-order valence-corrected chi connectivity index (χ4v) is 3.81. The van der Waals surface area contributed by atoms with Crippen LogP contribution in [-0.2, 0) is 21.8 Å². The number of sulfonamides is 1. The minimum Gasteiger partial charge on any atom is -0.434 e. The summed E-state index contributed by atoms with van der Waals surface area (Å²) in [4.78, 5) is 20.5. The average molecular weight is 419 g/mol. The van der Waals surface area contributed by atoms with Crippen LogP contribution in [0.5, 0.6) is 0 Å². The van der Waals surface area contributed by atoms with Crippen LogP contribution in [-0.4, -0.2) is 47.4 Å². The number of alkyl halides is 3. The van der Waals surface area contributed by atoms with Gasteiger partial charge in [0.25, 0.3) is 10.0 Å². The zero-order valence-electron chi connectivity index (χ0n) is 14.9. The van der Waals surface area contributed by atoms with Crippen LogP contribution in [0, 0.1) is 6.92 Å². The molecule has 2 aromatic rings. The van der Waals surface area contributed by atoms with E-state index in [2.05, 4.69) is 19.4 Å². The van der Waals surface area contributed by atoms with Gasteiger partial charge < -0.3 is 9.30 Å². The van der Waals surface area contributed by atoms with Gasteiger partial charge in [-0.3, -0.25) is 9.62 Å². The molecule has 1 saturated heterocycles. The number of carbonyl (C=O) groups excluding carboxylic acids is 1. The summed E-state index contributed by atoms with van der Waals surface area (Å²) in [5.41, 5.74) is -0.183. The van der Waals surface area contributed by atoms with Crippen LogP contribution in [0.15, 0.2) is 29.6 Å². The number of cyclic esters (lactones) is 1. The van der Waals surface area contributed by atoms with E-state index >= 15 is 0 Å². The van der Waals surface area contributed by atoms with E-state index in [1.807, 2.05) is 0 Å². The van der Waals surface area contributed by atoms with Crippen molar-refractivity contribution in [1.29, 1.82) is 0 Å². The molecule has 1 aliphatic heterocycles. The van der Waals surface area contributed by atoms with E-state index in [0.29, 0.717) is 10.7 Å². The van der Waals surface area contributed by atoms with Crippen molar-refractivity contribution in [2.45, 2.75) is 37.2 Å². The number of ether oxygens (including phenoxy) is 1. The molecule has 3 rings (SSSR count). The third-order valence-electron chi connectivity index (χ3n) is 4.21. The first kappa shape index (κ1) is 19.9. The summed E-state index contributed by atoms with van der Waals surface area (Å²) in [7, 11) is -2.56. The summed E-state index contributed by atoms with van der Waals surface area (Å²) in [6, 6.07) is 1.21. The van der Waals surface area contributed by atoms with Crippen LogP contribution in [0.1, 0.15) is 12.7 Å². The van der Waals surface area contributed by atoms with Gasteiger partial charge in [-0.25, -0.2) is 14.8 Å². The van der Waals surface area contributed by atoms with E-state index in [1.54, 1.807) is 14.0 Å². The second-order valence-corrected chi connectivity index (χ2v) is 7.80. The molecule has 0 spiro atoms. The van der Waals surface area contributed by atoms with Crippen LogP contribution in [0.4, 0.5) is 29.5 Å². The Labute approximate surface area is 158 Å². The quantitative estimate of drug-likeness (QED) is 0.814. The highest BCUT2D eigenvalue weighted by Gasteiger charge is 2.55. The van der Waals surface area contributed by atoms with Crippen LogP contribution in [0.25, 0.3) is 0 Å². The standard InChI is InChI=1S/C15H16F3N5O4S/c1-8-12(15(16,17)18)27-14(24)23(8)13-10(5-4-6-19-13)21-28(25,26)11-7-22(3)9(2)20-11/h4-8,12,21H,1-3H3/t8-,12-/m0/s1. The monoisotopic (exact) mass is 419 g/mol. The van der Waals surface area contributed by atoms with Crippen LogP contribution in [0.2, 0.25) is 0 Å². The van der Waals surface area contributed by atoms with Gasteiger partial charge in [-0.2, -0.15) is 21.6 Å². The largest absolute Gasteiger partial charge is 0.434 e. The summed E-state index contributed by atoms with van der Waals surface area (Å²) in [5.74, 6) is 0.138. The molecule has 0 saturated carbocycles. The number of aromatic nitrogens is 3. The minimum absolute atomic E-state index is 0.183. The zero-order valence-corrected chi connectivity index (χ0v) is 15.7. The lowest BCUT2D eigenvalue weighted by Gasteiger charge is -2.23. The maximum atomic E-state index is 13.1. The van der Waals surface area contributed by atoms with Gasteiger partial charge in [0.05, 0.1) is 11.7 Å². The zero-order chi connectivity index (χ0) is 20.9. The molecule has 0 aromatic carbocycles. The van der Waals surface area contributed by atoms with E-state index in [4.69, 9.17) is 0 Å². The molecule has 0 aliphatic carbocycles. The van der Waals surface area contributed by atoms with Crippen LogP contribution in [0.3, 0.4) is 0 Å². The number of nitrogens with one attached hydrogen (secondary N) is 1. The predicted molar refractivity (Wildman–Crippen MR) is 91.3 cm³/mol. The van der Waals surface area contributed by atoms with Gasteiger partial charge in [0, 0.05) is 19.4 Å². The first-order valence-corrected chi connectivity index (χ1v) is 9.44. The van der Waals surface area contributed by atoms with Crippen LogP contribution < -0.4 is 9.62 Å². The summed E-state index contributed by atoms with van der Waals surface area (Å²) in [5, 5.41) is -0.285. The molecule has 152 valence electrons. The van der Waals surface area contributed by atoms with Crippen molar-refractivity contribution in [1.82, 2.24) is 14.5 Å². The number of carbonyl (C=O) groups is 1. The molecule has 3 heterocycles. The number of hydrogen-bond acceptors (Lipinski definition) is 6. The van der Waals surface area contributed by atoms with Crippen molar-refractivity contribution < 1.29 is 31.1 Å². The van der Waals surface area contributed by atoms with Crippen molar-refractivity contribution in [2.75, 3.05) is 9.62 Å². The number of aryl methyl sites for hydroxylation is 2. The smallest absolute Gasteiger partial charge is 0.427 e. The lowest BCUT2D eigenvalue weighted by molar-refractivity contribution is -0.198. The number of anilines is 2. The molecular formula is C15H16F3N5O4S. The first-order valence-electron chi connectivity index (χ1n) is 7.96. The molecule has 2 aromatic heterocycles. The Morgan fingerprint density at radius 2 is 2.00 bits per heavy atom. The topological polar surface area (TPSA) is 106 Å². The molecule has 1 N–H and O–H groups in total. The molecular weight excluding hydrogens is 403 g/mol. The molecule has 0 unspecified atom stereocenters. The molecule has 1 fully saturated rings. The second-order valence-electron chi connectivity index (χ2n) is 6.17. The third kappa shape index (κ3) is 3.48. The van der Waals surface area contributed by atoms with Crippen molar-refractivity contribution in [2.24, 2.45) is 7.05 Å². The highest BCUT2D eigenvalue weighted by molar-refractivity contribution is 7.92. The van der Waals surface area contributed by atoms with Gasteiger partial charge in [-0.1, -0.05) is 0 Å². The Bertz CT molecular complexity index is 1000. The first-order chi connectivity index (χ1) is 12.9. The summed E-state index contributed by atoms with van der Waals surface area (Å²) < 4.78 is 72.5. The summed E-state index contributed by atoms with van der Waals surface area (Å²) in [6.45, 7) is 2.74. The lowest BCUT2D eigenvalue weighted by Crippen LogP contribution is -2.41. The van der Waals surface area contributed by atoms with Crippen molar-refractivity contribution in [3.8, 4) is 0 Å². The Kier molecular flexibility index (Phi) is 4.73. The predicted octanol–water partition coefficient (Wildman–Crippen LogP) is 2.20. The Hall–Kier alpha value is -2.83. The molecule has 13 heteroatoms. The number of imidazole rings is 1. The maximum Gasteiger partial charge on any atom is 0.427 e. The van der Waals surface area contributed by atoms with Crippen molar-refractivity contribution in [3.05, 3.63) is 30.4 Å². The maximum absolute atomic E-state index is 13.1. The van der Waals surface area contributed by atoms with Crippen LogP contribution >= 0.6 is 0 Å². The number of nitrogens with zero attached hydrogens (tertiary/aromatic N) is 4. The number of rotatable bonds is 4. The number of hydrogen-bond donors (Lipinski definition) is 1. The van der Waals surface area contributed by atoms with E-state index < -0.39 is 34.4 Å². The number of halogens is 3.